The molecule has 0 saturated heterocycles. The fourth-order valence-electron chi connectivity index (χ4n) is 1.79. The normalized spacial score (nSPS) is 12.2. The first kappa shape index (κ1) is 15.3. The minimum Gasteiger partial charge on any atom is -0.387 e. The molecule has 0 aliphatic heterocycles. The largest absolute Gasteiger partial charge is 0.387 e. The molecular formula is C15H14BrClFNO. The van der Waals surface area contributed by atoms with Crippen molar-refractivity contribution in [3.63, 3.8) is 0 Å². The minimum atomic E-state index is -0.720. The molecule has 0 radical (unpaired) electrons. The lowest BCUT2D eigenvalue weighted by Crippen LogP contribution is -2.12. The van der Waals surface area contributed by atoms with Crippen molar-refractivity contribution in [2.75, 3.05) is 11.9 Å². The highest BCUT2D eigenvalue weighted by Crippen LogP contribution is 2.29. The third kappa shape index (κ3) is 3.72. The molecule has 2 N–H and O–H groups in total. The van der Waals surface area contributed by atoms with Crippen LogP contribution >= 0.6 is 27.5 Å². The van der Waals surface area contributed by atoms with E-state index in [1.807, 2.05) is 13.0 Å². The molecule has 1 atom stereocenters. The number of aryl methyl sites for hydroxylation is 1. The van der Waals surface area contributed by atoms with E-state index in [1.54, 1.807) is 18.2 Å². The molecule has 0 bridgehead atoms. The summed E-state index contributed by atoms with van der Waals surface area (Å²) in [7, 11) is 0. The fraction of sp³-hybridized carbons (Fsp3) is 0.200. The molecular weight excluding hydrogens is 345 g/mol. The van der Waals surface area contributed by atoms with Gasteiger partial charge in [0.15, 0.2) is 0 Å². The average Bonchev–Trinajstić information content (AvgIpc) is 2.42. The number of rotatable bonds is 4. The summed E-state index contributed by atoms with van der Waals surface area (Å²) in [6, 6.07) is 9.51. The van der Waals surface area contributed by atoms with Gasteiger partial charge in [-0.1, -0.05) is 23.7 Å². The van der Waals surface area contributed by atoms with Crippen LogP contribution in [0, 0.1) is 12.7 Å². The van der Waals surface area contributed by atoms with Crippen LogP contribution < -0.4 is 5.32 Å². The second kappa shape index (κ2) is 6.57. The van der Waals surface area contributed by atoms with E-state index >= 15 is 0 Å². The molecule has 0 amide bonds. The topological polar surface area (TPSA) is 32.3 Å². The summed E-state index contributed by atoms with van der Waals surface area (Å²) in [5.41, 5.74) is 2.44. The summed E-state index contributed by atoms with van der Waals surface area (Å²) in [5, 5.41) is 13.8. The highest BCUT2D eigenvalue weighted by molar-refractivity contribution is 9.10. The smallest absolute Gasteiger partial charge is 0.123 e. The van der Waals surface area contributed by atoms with E-state index in [0.717, 1.165) is 15.7 Å². The Morgan fingerprint density at radius 1 is 1.30 bits per heavy atom. The molecule has 2 aromatic carbocycles. The van der Waals surface area contributed by atoms with Gasteiger partial charge in [-0.3, -0.25) is 0 Å². The highest BCUT2D eigenvalue weighted by Gasteiger charge is 2.09. The molecule has 1 unspecified atom stereocenters. The maximum absolute atomic E-state index is 12.8. The lowest BCUT2D eigenvalue weighted by atomic mass is 10.1. The van der Waals surface area contributed by atoms with E-state index < -0.39 is 6.10 Å². The van der Waals surface area contributed by atoms with Crippen LogP contribution in [-0.4, -0.2) is 11.7 Å². The van der Waals surface area contributed by atoms with Crippen LogP contribution in [0.4, 0.5) is 10.1 Å². The Labute approximate surface area is 130 Å². The Balaban J connectivity index is 2.05. The monoisotopic (exact) mass is 357 g/mol. The Bertz CT molecular complexity index is 604. The summed E-state index contributed by atoms with van der Waals surface area (Å²) in [6.07, 6.45) is -0.720. The van der Waals surface area contributed by atoms with Crippen molar-refractivity contribution in [1.82, 2.24) is 0 Å². The second-order valence-corrected chi connectivity index (χ2v) is 5.79. The van der Waals surface area contributed by atoms with Crippen LogP contribution in [0.3, 0.4) is 0 Å². The van der Waals surface area contributed by atoms with Crippen LogP contribution in [-0.2, 0) is 0 Å². The van der Waals surface area contributed by atoms with Gasteiger partial charge in [-0.15, -0.1) is 0 Å². The van der Waals surface area contributed by atoms with Gasteiger partial charge in [0.1, 0.15) is 5.82 Å². The lowest BCUT2D eigenvalue weighted by Gasteiger charge is -2.15. The Hall–Kier alpha value is -1.10. The molecule has 2 nitrogen and oxygen atoms in total. The number of benzene rings is 2. The van der Waals surface area contributed by atoms with Crippen molar-refractivity contribution in [1.29, 1.82) is 0 Å². The maximum Gasteiger partial charge on any atom is 0.123 e. The Kier molecular flexibility index (Phi) is 5.02. The minimum absolute atomic E-state index is 0.309. The van der Waals surface area contributed by atoms with Crippen molar-refractivity contribution in [2.24, 2.45) is 0 Å². The predicted octanol–water partition coefficient (Wildman–Crippen LogP) is 4.70. The second-order valence-electron chi connectivity index (χ2n) is 4.53. The number of hydrogen-bond acceptors (Lipinski definition) is 2. The SMILES string of the molecule is Cc1cc(Br)c(NCC(O)c2ccc(F)cc2)cc1Cl. The maximum atomic E-state index is 12.8. The highest BCUT2D eigenvalue weighted by atomic mass is 79.9. The number of anilines is 1. The number of hydrogen-bond donors (Lipinski definition) is 2. The summed E-state index contributed by atoms with van der Waals surface area (Å²) in [4.78, 5) is 0. The summed E-state index contributed by atoms with van der Waals surface area (Å²) in [6.45, 7) is 2.23. The van der Waals surface area contributed by atoms with Gasteiger partial charge in [0, 0.05) is 16.0 Å². The molecule has 0 saturated carbocycles. The van der Waals surface area contributed by atoms with Gasteiger partial charge in [0.25, 0.3) is 0 Å². The standard InChI is InChI=1S/C15H14BrClFNO/c1-9-6-12(16)14(7-13(9)17)19-8-15(20)10-2-4-11(18)5-3-10/h2-7,15,19-20H,8H2,1H3. The quantitative estimate of drug-likeness (QED) is 0.830. The van der Waals surface area contributed by atoms with Gasteiger partial charge < -0.3 is 10.4 Å². The molecule has 106 valence electrons. The van der Waals surface area contributed by atoms with E-state index in [-0.39, 0.29) is 5.82 Å². The van der Waals surface area contributed by atoms with Crippen LogP contribution in [0.2, 0.25) is 5.02 Å². The predicted molar refractivity (Wildman–Crippen MR) is 83.7 cm³/mol. The summed E-state index contributed by atoms with van der Waals surface area (Å²) >= 11 is 9.52. The number of aliphatic hydroxyl groups excluding tert-OH is 1. The van der Waals surface area contributed by atoms with Crippen molar-refractivity contribution in [3.8, 4) is 0 Å². The average molecular weight is 359 g/mol. The van der Waals surface area contributed by atoms with E-state index in [0.29, 0.717) is 17.1 Å². The fourth-order valence-corrected chi connectivity index (χ4v) is 2.55. The zero-order valence-electron chi connectivity index (χ0n) is 10.8. The summed E-state index contributed by atoms with van der Waals surface area (Å²) in [5.74, 6) is -0.318. The molecule has 5 heteroatoms. The van der Waals surface area contributed by atoms with E-state index in [1.165, 1.54) is 12.1 Å². The molecule has 0 aliphatic rings. The van der Waals surface area contributed by atoms with E-state index in [2.05, 4.69) is 21.2 Å². The molecule has 20 heavy (non-hydrogen) atoms. The van der Waals surface area contributed by atoms with Gasteiger partial charge in [0.05, 0.1) is 11.8 Å². The molecule has 2 aromatic rings. The van der Waals surface area contributed by atoms with Crippen LogP contribution in [0.15, 0.2) is 40.9 Å². The molecule has 0 aromatic heterocycles. The third-order valence-electron chi connectivity index (χ3n) is 2.99. The zero-order chi connectivity index (χ0) is 14.7. The van der Waals surface area contributed by atoms with Crippen molar-refractivity contribution in [2.45, 2.75) is 13.0 Å². The van der Waals surface area contributed by atoms with Gasteiger partial charge in [0.2, 0.25) is 0 Å². The van der Waals surface area contributed by atoms with E-state index in [4.69, 9.17) is 11.6 Å². The molecule has 2 rings (SSSR count). The first-order valence-corrected chi connectivity index (χ1v) is 7.27. The van der Waals surface area contributed by atoms with Crippen LogP contribution in [0.1, 0.15) is 17.2 Å². The van der Waals surface area contributed by atoms with Crippen molar-refractivity contribution < 1.29 is 9.50 Å². The number of halogens is 3. The molecule has 0 heterocycles. The lowest BCUT2D eigenvalue weighted by molar-refractivity contribution is 0.191. The molecule has 0 aliphatic carbocycles. The van der Waals surface area contributed by atoms with Crippen LogP contribution in [0.25, 0.3) is 0 Å². The number of nitrogens with one attached hydrogen (secondary N) is 1. The Morgan fingerprint density at radius 3 is 2.60 bits per heavy atom. The molecule has 0 fully saturated rings. The number of aliphatic hydroxyl groups is 1. The molecule has 0 spiro atoms. The first-order valence-electron chi connectivity index (χ1n) is 6.10. The van der Waals surface area contributed by atoms with Crippen molar-refractivity contribution >= 4 is 33.2 Å². The third-order valence-corrected chi connectivity index (χ3v) is 4.05. The van der Waals surface area contributed by atoms with Crippen molar-refractivity contribution in [3.05, 3.63) is 62.8 Å². The van der Waals surface area contributed by atoms with Gasteiger partial charge in [-0.25, -0.2) is 4.39 Å². The van der Waals surface area contributed by atoms with Gasteiger partial charge >= 0.3 is 0 Å². The van der Waals surface area contributed by atoms with Crippen LogP contribution in [0.5, 0.6) is 0 Å². The van der Waals surface area contributed by atoms with Gasteiger partial charge in [-0.2, -0.15) is 0 Å². The zero-order valence-corrected chi connectivity index (χ0v) is 13.2. The van der Waals surface area contributed by atoms with E-state index in [9.17, 15) is 9.50 Å². The summed E-state index contributed by atoms with van der Waals surface area (Å²) < 4.78 is 13.7. The first-order chi connectivity index (χ1) is 9.47. The Morgan fingerprint density at radius 2 is 1.95 bits per heavy atom. The van der Waals surface area contributed by atoms with Gasteiger partial charge in [-0.05, 0) is 58.2 Å².